The summed E-state index contributed by atoms with van der Waals surface area (Å²) in [5, 5.41) is 3.56. The number of rotatable bonds is 6. The number of hydrogen-bond acceptors (Lipinski definition) is 1. The molecule has 0 aromatic heterocycles. The van der Waals surface area contributed by atoms with E-state index in [2.05, 4.69) is 39.8 Å². The van der Waals surface area contributed by atoms with Gasteiger partial charge in [-0.3, -0.25) is 0 Å². The molecule has 0 aromatic rings. The summed E-state index contributed by atoms with van der Waals surface area (Å²) in [6, 6.07) is 0.680. The summed E-state index contributed by atoms with van der Waals surface area (Å²) in [6.45, 7) is 11.4. The summed E-state index contributed by atoms with van der Waals surface area (Å²) in [5.74, 6) is 1.63. The lowest BCUT2D eigenvalue weighted by Crippen LogP contribution is -2.32. The summed E-state index contributed by atoms with van der Waals surface area (Å²) in [7, 11) is 1.17. The largest absolute Gasteiger partial charge is 0.356 e. The van der Waals surface area contributed by atoms with Gasteiger partial charge in [-0.1, -0.05) is 46.9 Å². The third-order valence-electron chi connectivity index (χ3n) is 2.34. The zero-order valence-corrected chi connectivity index (χ0v) is 9.35. The molecule has 2 unspecified atom stereocenters. The summed E-state index contributed by atoms with van der Waals surface area (Å²) >= 11 is 0. The Morgan fingerprint density at radius 1 is 1.17 bits per heavy atom. The number of hydrogen-bond donors (Lipinski definition) is 1. The molecule has 0 aliphatic carbocycles. The highest BCUT2D eigenvalue weighted by Crippen LogP contribution is 2.07. The molecule has 2 atom stereocenters. The van der Waals surface area contributed by atoms with Crippen LogP contribution in [0, 0.1) is 5.92 Å². The lowest BCUT2D eigenvalue weighted by atomic mass is 9.74. The van der Waals surface area contributed by atoms with E-state index in [9.17, 15) is 0 Å². The molecule has 0 aliphatic heterocycles. The minimum atomic E-state index is 0.680. The minimum Gasteiger partial charge on any atom is -0.356 e. The Labute approximate surface area is 78.6 Å². The van der Waals surface area contributed by atoms with Gasteiger partial charge in [0.15, 0.2) is 0 Å². The molecular formula is C10H24BN. The third-order valence-corrected chi connectivity index (χ3v) is 2.34. The molecule has 0 fully saturated rings. The molecule has 0 heterocycles. The Balaban J connectivity index is 3.36. The molecular weight excluding hydrogens is 145 g/mol. The fraction of sp³-hybridized carbons (Fsp3) is 1.00. The second kappa shape index (κ2) is 6.53. The van der Waals surface area contributed by atoms with Crippen molar-refractivity contribution in [2.24, 2.45) is 5.92 Å². The van der Waals surface area contributed by atoms with Crippen LogP contribution in [0.25, 0.3) is 0 Å². The van der Waals surface area contributed by atoms with Gasteiger partial charge in [-0.15, -0.1) is 0 Å². The van der Waals surface area contributed by atoms with Gasteiger partial charge in [0.25, 0.3) is 0 Å². The van der Waals surface area contributed by atoms with Crippen LogP contribution in [0.15, 0.2) is 0 Å². The summed E-state index contributed by atoms with van der Waals surface area (Å²) in [4.78, 5) is 0. The maximum absolute atomic E-state index is 3.56. The van der Waals surface area contributed by atoms with Crippen molar-refractivity contribution < 1.29 is 0 Å². The van der Waals surface area contributed by atoms with Crippen molar-refractivity contribution in [1.82, 2.24) is 5.23 Å². The monoisotopic (exact) mass is 169 g/mol. The van der Waals surface area contributed by atoms with Gasteiger partial charge in [0.05, 0.1) is 0 Å². The topological polar surface area (TPSA) is 12.0 Å². The standard InChI is InChI=1S/C10H24BN/c1-6-9(4)11-12-10(5)7-8(2)3/h8-12H,6-7H2,1-5H3. The van der Waals surface area contributed by atoms with Crippen LogP contribution >= 0.6 is 0 Å². The molecule has 1 N–H and O–H groups in total. The molecule has 0 saturated heterocycles. The van der Waals surface area contributed by atoms with Crippen LogP contribution in [-0.2, 0) is 0 Å². The van der Waals surface area contributed by atoms with E-state index in [1.165, 1.54) is 20.3 Å². The molecule has 0 amide bonds. The van der Waals surface area contributed by atoms with E-state index in [-0.39, 0.29) is 0 Å². The van der Waals surface area contributed by atoms with E-state index >= 15 is 0 Å². The average Bonchev–Trinajstić information content (AvgIpc) is 1.99. The summed E-state index contributed by atoms with van der Waals surface area (Å²) < 4.78 is 0. The van der Waals surface area contributed by atoms with Gasteiger partial charge in [-0.2, -0.15) is 0 Å². The Hall–Kier alpha value is 0.0249. The van der Waals surface area contributed by atoms with Crippen molar-refractivity contribution in [1.29, 1.82) is 0 Å². The zero-order valence-electron chi connectivity index (χ0n) is 9.35. The highest BCUT2D eigenvalue weighted by Gasteiger charge is 2.06. The Kier molecular flexibility index (Phi) is 6.54. The van der Waals surface area contributed by atoms with Crippen LogP contribution in [0.3, 0.4) is 0 Å². The molecule has 12 heavy (non-hydrogen) atoms. The van der Waals surface area contributed by atoms with Gasteiger partial charge in [0.2, 0.25) is 7.41 Å². The highest BCUT2D eigenvalue weighted by atomic mass is 14.8. The smallest absolute Gasteiger partial charge is 0.204 e. The van der Waals surface area contributed by atoms with Crippen LogP contribution in [0.1, 0.15) is 47.5 Å². The van der Waals surface area contributed by atoms with E-state index in [0.29, 0.717) is 6.04 Å². The first-order valence-electron chi connectivity index (χ1n) is 5.29. The molecule has 1 nitrogen and oxygen atoms in total. The predicted octanol–water partition coefficient (Wildman–Crippen LogP) is 2.58. The van der Waals surface area contributed by atoms with Crippen LogP contribution < -0.4 is 5.23 Å². The van der Waals surface area contributed by atoms with Crippen molar-refractivity contribution in [3.63, 3.8) is 0 Å². The van der Waals surface area contributed by atoms with Gasteiger partial charge in [0, 0.05) is 0 Å². The molecule has 0 aromatic carbocycles. The minimum absolute atomic E-state index is 0.680. The normalized spacial score (nSPS) is 16.2. The van der Waals surface area contributed by atoms with Gasteiger partial charge < -0.3 is 5.23 Å². The molecule has 0 aliphatic rings. The van der Waals surface area contributed by atoms with E-state index in [4.69, 9.17) is 0 Å². The molecule has 72 valence electrons. The lowest BCUT2D eigenvalue weighted by molar-refractivity contribution is 0.494. The fourth-order valence-corrected chi connectivity index (χ4v) is 1.34. The maximum Gasteiger partial charge on any atom is 0.204 e. The molecule has 0 spiro atoms. The number of nitrogens with one attached hydrogen (secondary N) is 1. The highest BCUT2D eigenvalue weighted by molar-refractivity contribution is 6.34. The first kappa shape index (κ1) is 12.0. The van der Waals surface area contributed by atoms with E-state index in [0.717, 1.165) is 11.7 Å². The van der Waals surface area contributed by atoms with E-state index in [1.54, 1.807) is 0 Å². The maximum atomic E-state index is 3.56. The van der Waals surface area contributed by atoms with E-state index in [1.807, 2.05) is 0 Å². The van der Waals surface area contributed by atoms with Crippen LogP contribution in [0.5, 0.6) is 0 Å². The van der Waals surface area contributed by atoms with Crippen molar-refractivity contribution in [3.05, 3.63) is 0 Å². The zero-order chi connectivity index (χ0) is 9.56. The Morgan fingerprint density at radius 3 is 2.17 bits per heavy atom. The third kappa shape index (κ3) is 6.72. The first-order chi connectivity index (χ1) is 5.56. The first-order valence-corrected chi connectivity index (χ1v) is 5.29. The Bertz CT molecular complexity index is 104. The molecule has 0 rings (SSSR count). The molecule has 0 saturated carbocycles. The molecule has 0 bridgehead atoms. The molecule has 2 heteroatoms. The van der Waals surface area contributed by atoms with Gasteiger partial charge in [0.1, 0.15) is 0 Å². The van der Waals surface area contributed by atoms with Crippen molar-refractivity contribution in [3.8, 4) is 0 Å². The van der Waals surface area contributed by atoms with Crippen LogP contribution in [-0.4, -0.2) is 13.5 Å². The second-order valence-corrected chi connectivity index (χ2v) is 4.45. The quantitative estimate of drug-likeness (QED) is 0.602. The van der Waals surface area contributed by atoms with Crippen LogP contribution in [0.2, 0.25) is 5.82 Å². The summed E-state index contributed by atoms with van der Waals surface area (Å²) in [5.41, 5.74) is 0. The van der Waals surface area contributed by atoms with Crippen LogP contribution in [0.4, 0.5) is 0 Å². The van der Waals surface area contributed by atoms with Crippen molar-refractivity contribution >= 4 is 7.41 Å². The van der Waals surface area contributed by atoms with Gasteiger partial charge in [-0.05, 0) is 18.4 Å². The molecule has 0 radical (unpaired) electrons. The van der Waals surface area contributed by atoms with Gasteiger partial charge >= 0.3 is 0 Å². The summed E-state index contributed by atoms with van der Waals surface area (Å²) in [6.07, 6.45) is 2.57. The Morgan fingerprint density at radius 2 is 1.75 bits per heavy atom. The van der Waals surface area contributed by atoms with Crippen molar-refractivity contribution in [2.45, 2.75) is 59.3 Å². The van der Waals surface area contributed by atoms with Crippen molar-refractivity contribution in [2.75, 3.05) is 0 Å². The predicted molar refractivity (Wildman–Crippen MR) is 58.9 cm³/mol. The lowest BCUT2D eigenvalue weighted by Gasteiger charge is -2.17. The second-order valence-electron chi connectivity index (χ2n) is 4.45. The average molecular weight is 169 g/mol. The van der Waals surface area contributed by atoms with E-state index < -0.39 is 0 Å². The van der Waals surface area contributed by atoms with Gasteiger partial charge in [-0.25, -0.2) is 0 Å². The SMILES string of the molecule is CCC(C)BNC(C)CC(C)C. The fourth-order valence-electron chi connectivity index (χ4n) is 1.34.